The number of rotatable bonds is 0. The van der Waals surface area contributed by atoms with Gasteiger partial charge in [-0.25, -0.2) is 0 Å². The minimum Gasteiger partial charge on any atom is 2.00 e. The molecule has 0 radical (unpaired) electrons. The Labute approximate surface area is 78.9 Å². The van der Waals surface area contributed by atoms with Crippen molar-refractivity contribution in [1.29, 1.82) is 0 Å². The molecular formula is HBr2NaNi. The molecule has 0 aromatic rings. The topological polar surface area (TPSA) is 0 Å². The number of halogens is 2. The van der Waals surface area contributed by atoms with Gasteiger partial charge in [-0.15, -0.1) is 0 Å². The van der Waals surface area contributed by atoms with Crippen LogP contribution in [0.3, 0.4) is 0 Å². The second-order valence-corrected chi connectivity index (χ2v) is 0. The van der Waals surface area contributed by atoms with Gasteiger partial charge in [-0.3, -0.25) is 0 Å². The monoisotopic (exact) mass is 240 g/mol. The molecule has 4 heteroatoms. The molecule has 0 unspecified atom stereocenters. The van der Waals surface area contributed by atoms with Gasteiger partial charge in [-0.05, 0) is 0 Å². The van der Waals surface area contributed by atoms with Gasteiger partial charge in [0.1, 0.15) is 0 Å². The van der Waals surface area contributed by atoms with Crippen LogP contribution in [0.2, 0.25) is 0 Å². The van der Waals surface area contributed by atoms with Crippen LogP contribution < -0.4 is 34.0 Å². The van der Waals surface area contributed by atoms with E-state index in [2.05, 4.69) is 0 Å². The van der Waals surface area contributed by atoms with E-state index in [0.717, 1.165) is 0 Å². The predicted molar refractivity (Wildman–Crippen MR) is 7.15 cm³/mol. The molecule has 4 heavy (non-hydrogen) atoms. The quantitative estimate of drug-likeness (QED) is 0.371. The summed E-state index contributed by atoms with van der Waals surface area (Å²) < 4.78 is 0. The summed E-state index contributed by atoms with van der Waals surface area (Å²) in [5.41, 5.74) is 0. The van der Waals surface area contributed by atoms with Crippen LogP contribution in [0, 0.1) is 0 Å². The number of hydrogen-bond acceptors (Lipinski definition) is 0. The minimum absolute atomic E-state index is 0. The molecule has 0 aromatic carbocycles. The second-order valence-electron chi connectivity index (χ2n) is 0. The van der Waals surface area contributed by atoms with Crippen molar-refractivity contribution in [1.82, 2.24) is 0 Å². The van der Waals surface area contributed by atoms with Crippen molar-refractivity contribution < 1.29 is 50.5 Å². The Balaban J connectivity index is 0. The molecular weight excluding hydrogens is 241 g/mol. The van der Waals surface area contributed by atoms with E-state index in [1.54, 1.807) is 0 Å². The van der Waals surface area contributed by atoms with Gasteiger partial charge < -0.3 is 34.0 Å². The van der Waals surface area contributed by atoms with E-state index in [1.807, 2.05) is 0 Å². The van der Waals surface area contributed by atoms with Gasteiger partial charge in [0.05, 0.1) is 0 Å². The van der Waals surface area contributed by atoms with Crippen LogP contribution in [0.5, 0.6) is 0 Å². The van der Waals surface area contributed by atoms with Crippen molar-refractivity contribution >= 4 is 29.6 Å². The van der Waals surface area contributed by atoms with Crippen LogP contribution in [0.25, 0.3) is 0 Å². The third kappa shape index (κ3) is 8.82. The first kappa shape index (κ1) is 31.9. The van der Waals surface area contributed by atoms with Crippen LogP contribution in [0.4, 0.5) is 0 Å². The molecule has 0 saturated carbocycles. The van der Waals surface area contributed by atoms with Gasteiger partial charge in [0.25, 0.3) is 0 Å². The summed E-state index contributed by atoms with van der Waals surface area (Å²) in [5.74, 6) is 0. The van der Waals surface area contributed by atoms with Crippen LogP contribution in [0.1, 0.15) is 0 Å². The molecule has 0 amide bonds. The first-order chi connectivity index (χ1) is 0. The molecule has 0 rings (SSSR count). The SMILES string of the molecule is [Br-].[Br-].[NaH].[Ni+2]. The van der Waals surface area contributed by atoms with E-state index in [9.17, 15) is 0 Å². The van der Waals surface area contributed by atoms with Gasteiger partial charge >= 0.3 is 46.0 Å². The Morgan fingerprint density at radius 2 is 0.750 bits per heavy atom. The fourth-order valence-electron chi connectivity index (χ4n) is 0. The van der Waals surface area contributed by atoms with E-state index >= 15 is 0 Å². The molecule has 0 aliphatic rings. The summed E-state index contributed by atoms with van der Waals surface area (Å²) in [6.07, 6.45) is 0. The fraction of sp³-hybridized carbons (Fsp3) is 0. The Hall–Kier alpha value is 2.45. The van der Waals surface area contributed by atoms with Crippen LogP contribution >= 0.6 is 0 Å². The maximum absolute atomic E-state index is 0. The maximum atomic E-state index is 0. The standard InChI is InChI=1S/2BrH.Na.Ni.H/h2*1H;;;/q;;;+2;/p-2. The van der Waals surface area contributed by atoms with E-state index < -0.39 is 0 Å². The van der Waals surface area contributed by atoms with E-state index in [0.29, 0.717) is 0 Å². The summed E-state index contributed by atoms with van der Waals surface area (Å²) >= 11 is 0. The average molecular weight is 242 g/mol. The Kier molecular flexibility index (Phi) is 143. The summed E-state index contributed by atoms with van der Waals surface area (Å²) in [4.78, 5) is 0. The van der Waals surface area contributed by atoms with E-state index in [1.165, 1.54) is 0 Å². The molecule has 26 valence electrons. The van der Waals surface area contributed by atoms with Gasteiger partial charge in [0.15, 0.2) is 0 Å². The molecule has 0 aliphatic heterocycles. The zero-order chi connectivity index (χ0) is 0. The molecule has 0 aliphatic carbocycles. The molecule has 0 heterocycles. The smallest absolute Gasteiger partial charge is 2.00 e. The Bertz CT molecular complexity index is 6.00. The van der Waals surface area contributed by atoms with Crippen molar-refractivity contribution in [3.8, 4) is 0 Å². The molecule has 0 fully saturated rings. The van der Waals surface area contributed by atoms with Crippen LogP contribution in [-0.2, 0) is 16.5 Å². The Morgan fingerprint density at radius 1 is 0.750 bits per heavy atom. The van der Waals surface area contributed by atoms with E-state index in [-0.39, 0.29) is 80.0 Å². The van der Waals surface area contributed by atoms with Gasteiger partial charge in [-0.2, -0.15) is 0 Å². The van der Waals surface area contributed by atoms with Crippen LogP contribution in [0.15, 0.2) is 0 Å². The maximum Gasteiger partial charge on any atom is 2.00 e. The second kappa shape index (κ2) is 18.0. The average Bonchev–Trinajstić information content (AvgIpc) is 0. The third-order valence-corrected chi connectivity index (χ3v) is 0. The van der Waals surface area contributed by atoms with Crippen molar-refractivity contribution in [2.75, 3.05) is 0 Å². The summed E-state index contributed by atoms with van der Waals surface area (Å²) in [6, 6.07) is 0. The van der Waals surface area contributed by atoms with Gasteiger partial charge in [0, 0.05) is 0 Å². The van der Waals surface area contributed by atoms with Crippen LogP contribution in [-0.4, -0.2) is 29.6 Å². The predicted octanol–water partition coefficient (Wildman–Crippen LogP) is -6.64. The fourth-order valence-corrected chi connectivity index (χ4v) is 0. The largest absolute Gasteiger partial charge is 2.00 e. The summed E-state index contributed by atoms with van der Waals surface area (Å²) in [6.45, 7) is 0. The van der Waals surface area contributed by atoms with Crippen molar-refractivity contribution in [2.24, 2.45) is 0 Å². The van der Waals surface area contributed by atoms with Crippen molar-refractivity contribution in [2.45, 2.75) is 0 Å². The zero-order valence-electron chi connectivity index (χ0n) is 1.07. The number of hydrogen-bond donors (Lipinski definition) is 0. The molecule has 0 saturated heterocycles. The van der Waals surface area contributed by atoms with Crippen molar-refractivity contribution in [3.63, 3.8) is 0 Å². The summed E-state index contributed by atoms with van der Waals surface area (Å²) in [7, 11) is 0. The first-order valence-electron chi connectivity index (χ1n) is 0. The molecule has 0 nitrogen and oxygen atoms in total. The molecule has 0 aromatic heterocycles. The molecule has 0 N–H and O–H groups in total. The normalized spacial score (nSPS) is 0. The van der Waals surface area contributed by atoms with Crippen molar-refractivity contribution in [3.05, 3.63) is 0 Å². The molecule has 0 atom stereocenters. The van der Waals surface area contributed by atoms with Gasteiger partial charge in [0.2, 0.25) is 0 Å². The molecule has 0 spiro atoms. The first-order valence-corrected chi connectivity index (χ1v) is 0. The Morgan fingerprint density at radius 3 is 0.750 bits per heavy atom. The minimum atomic E-state index is 0. The van der Waals surface area contributed by atoms with E-state index in [4.69, 9.17) is 0 Å². The zero-order valence-corrected chi connectivity index (χ0v) is 5.23. The molecule has 0 bridgehead atoms. The third-order valence-electron chi connectivity index (χ3n) is 0. The van der Waals surface area contributed by atoms with Gasteiger partial charge in [-0.1, -0.05) is 0 Å². The summed E-state index contributed by atoms with van der Waals surface area (Å²) in [5, 5.41) is 0.